The number of hydrogen-bond donors (Lipinski definition) is 5. The molecule has 0 bridgehead atoms. The number of aliphatic hydroxyl groups excluding tert-OH is 3. The van der Waals surface area contributed by atoms with Crippen molar-refractivity contribution in [1.29, 1.82) is 0 Å². The molecule has 1 aliphatic heterocycles. The van der Waals surface area contributed by atoms with Gasteiger partial charge in [-0.25, -0.2) is 9.97 Å². The predicted molar refractivity (Wildman–Crippen MR) is 75.5 cm³/mol. The van der Waals surface area contributed by atoms with E-state index in [2.05, 4.69) is 9.97 Å². The van der Waals surface area contributed by atoms with Crippen LogP contribution >= 0.6 is 0 Å². The normalized spacial score (nSPS) is 32.0. The Hall–Kier alpha value is -1.78. The minimum atomic E-state index is -1.65. The summed E-state index contributed by atoms with van der Waals surface area (Å²) in [6, 6.07) is 0. The number of nitrogen functional groups attached to an aromatic ring is 1. The molecule has 9 heteroatoms. The van der Waals surface area contributed by atoms with Gasteiger partial charge in [-0.15, -0.1) is 0 Å². The lowest BCUT2D eigenvalue weighted by molar-refractivity contribution is -0.0949. The number of ether oxygens (including phenoxy) is 1. The van der Waals surface area contributed by atoms with Gasteiger partial charge in [0.25, 0.3) is 0 Å². The highest BCUT2D eigenvalue weighted by Crippen LogP contribution is 2.40. The molecule has 2 aromatic rings. The van der Waals surface area contributed by atoms with Crippen LogP contribution in [0.5, 0.6) is 0 Å². The van der Waals surface area contributed by atoms with Crippen molar-refractivity contribution in [3.8, 4) is 0 Å². The van der Waals surface area contributed by atoms with Gasteiger partial charge in [0, 0.05) is 11.8 Å². The highest BCUT2D eigenvalue weighted by molar-refractivity contribution is 5.89. The number of aliphatic hydroxyl groups is 4. The molecule has 0 aromatic carbocycles. The average Bonchev–Trinajstić information content (AvgIpc) is 2.97. The van der Waals surface area contributed by atoms with Crippen molar-refractivity contribution >= 4 is 16.9 Å². The van der Waals surface area contributed by atoms with Crippen LogP contribution in [0.3, 0.4) is 0 Å². The van der Waals surface area contributed by atoms with Gasteiger partial charge in [-0.05, 0) is 6.92 Å². The lowest BCUT2D eigenvalue weighted by atomic mass is 9.96. The molecular weight excluding hydrogens is 292 g/mol. The van der Waals surface area contributed by atoms with Gasteiger partial charge in [-0.2, -0.15) is 0 Å². The largest absolute Gasteiger partial charge is 0.394 e. The van der Waals surface area contributed by atoms with Crippen LogP contribution in [-0.4, -0.2) is 59.4 Å². The van der Waals surface area contributed by atoms with Gasteiger partial charge < -0.3 is 35.5 Å². The first-order chi connectivity index (χ1) is 10.4. The fraction of sp³-hybridized carbons (Fsp3) is 0.538. The van der Waals surface area contributed by atoms with Gasteiger partial charge in [-0.3, -0.25) is 0 Å². The quantitative estimate of drug-likeness (QED) is 0.460. The second-order valence-corrected chi connectivity index (χ2v) is 5.56. The van der Waals surface area contributed by atoms with Gasteiger partial charge in [0.2, 0.25) is 0 Å². The average molecular weight is 310 g/mol. The number of fused-ring (bicyclic) bond motifs is 1. The standard InChI is InChI=1S/C13H18N4O5/c1-13(21)9(20)7(4-19)22-12(13)17-2-6(3-18)8-10(14)15-5-16-11(8)17/h2,5,7,9,12,18-21H,3-4H2,1H3,(H2,14,15,16)/t7?,9-,12?,13?/m1/s1. The Morgan fingerprint density at radius 3 is 2.73 bits per heavy atom. The van der Waals surface area contributed by atoms with Crippen molar-refractivity contribution in [2.24, 2.45) is 0 Å². The number of aromatic nitrogens is 3. The van der Waals surface area contributed by atoms with Gasteiger partial charge in [0.15, 0.2) is 6.23 Å². The fourth-order valence-electron chi connectivity index (χ4n) is 2.88. The Bertz CT molecular complexity index is 701. The molecule has 6 N–H and O–H groups in total. The predicted octanol–water partition coefficient (Wildman–Crippen LogP) is -1.49. The number of nitrogens with zero attached hydrogens (tertiary/aromatic N) is 3. The molecule has 3 rings (SSSR count). The van der Waals surface area contributed by atoms with Crippen LogP contribution in [0.15, 0.2) is 12.5 Å². The number of nitrogens with two attached hydrogens (primary N) is 1. The maximum atomic E-state index is 10.5. The third kappa shape index (κ3) is 1.98. The third-order valence-corrected chi connectivity index (χ3v) is 4.07. The number of hydrogen-bond acceptors (Lipinski definition) is 8. The van der Waals surface area contributed by atoms with E-state index in [1.165, 1.54) is 17.8 Å². The van der Waals surface area contributed by atoms with Gasteiger partial charge in [0.05, 0.1) is 18.6 Å². The summed E-state index contributed by atoms with van der Waals surface area (Å²) in [5.41, 5.74) is 5.03. The first-order valence-electron chi connectivity index (χ1n) is 6.79. The molecule has 0 amide bonds. The van der Waals surface area contributed by atoms with E-state index in [1.807, 2.05) is 0 Å². The van der Waals surface area contributed by atoms with Crippen molar-refractivity contribution < 1.29 is 25.2 Å². The molecule has 1 saturated heterocycles. The molecule has 9 nitrogen and oxygen atoms in total. The summed E-state index contributed by atoms with van der Waals surface area (Å²) in [5, 5.41) is 39.8. The van der Waals surface area contributed by atoms with E-state index in [9.17, 15) is 20.4 Å². The van der Waals surface area contributed by atoms with Crippen molar-refractivity contribution in [3.05, 3.63) is 18.1 Å². The summed E-state index contributed by atoms with van der Waals surface area (Å²) < 4.78 is 7.04. The van der Waals surface area contributed by atoms with E-state index in [-0.39, 0.29) is 12.4 Å². The van der Waals surface area contributed by atoms with Gasteiger partial charge >= 0.3 is 0 Å². The van der Waals surface area contributed by atoms with Crippen LogP contribution in [0.25, 0.3) is 11.0 Å². The Labute approximate surface area is 125 Å². The van der Waals surface area contributed by atoms with Crippen molar-refractivity contribution in [2.75, 3.05) is 12.3 Å². The molecule has 0 saturated carbocycles. The Morgan fingerprint density at radius 2 is 2.14 bits per heavy atom. The van der Waals surface area contributed by atoms with E-state index in [0.29, 0.717) is 16.6 Å². The second kappa shape index (κ2) is 5.14. The molecule has 4 atom stereocenters. The molecule has 2 aromatic heterocycles. The Balaban J connectivity index is 2.17. The lowest BCUT2D eigenvalue weighted by Crippen LogP contribution is -2.44. The molecule has 0 spiro atoms. The highest BCUT2D eigenvalue weighted by atomic mass is 16.6. The summed E-state index contributed by atoms with van der Waals surface area (Å²) in [6.45, 7) is 0.686. The number of anilines is 1. The SMILES string of the molecule is CC1(O)C(n2cc(CO)c3c(N)ncnc32)OC(CO)[C@H]1O. The van der Waals surface area contributed by atoms with Gasteiger partial charge in [0.1, 0.15) is 35.6 Å². The monoisotopic (exact) mass is 310 g/mol. The molecule has 0 aliphatic carbocycles. The van der Waals surface area contributed by atoms with E-state index in [4.69, 9.17) is 10.5 Å². The van der Waals surface area contributed by atoms with E-state index in [0.717, 1.165) is 0 Å². The zero-order valence-corrected chi connectivity index (χ0v) is 11.9. The molecule has 1 aliphatic rings. The minimum absolute atomic E-state index is 0.199. The molecule has 1 fully saturated rings. The topological polar surface area (TPSA) is 147 Å². The van der Waals surface area contributed by atoms with Crippen molar-refractivity contribution in [2.45, 2.75) is 37.6 Å². The minimum Gasteiger partial charge on any atom is -0.394 e. The Morgan fingerprint density at radius 1 is 1.41 bits per heavy atom. The maximum absolute atomic E-state index is 10.5. The molecule has 22 heavy (non-hydrogen) atoms. The molecular formula is C13H18N4O5. The van der Waals surface area contributed by atoms with E-state index in [1.54, 1.807) is 6.20 Å². The summed E-state index contributed by atoms with van der Waals surface area (Å²) in [4.78, 5) is 8.01. The highest BCUT2D eigenvalue weighted by Gasteiger charge is 2.53. The fourth-order valence-corrected chi connectivity index (χ4v) is 2.88. The summed E-state index contributed by atoms with van der Waals surface area (Å²) >= 11 is 0. The summed E-state index contributed by atoms with van der Waals surface area (Å²) in [5.74, 6) is 0.199. The first kappa shape index (κ1) is 15.1. The number of rotatable bonds is 3. The van der Waals surface area contributed by atoms with E-state index >= 15 is 0 Å². The molecule has 3 unspecified atom stereocenters. The van der Waals surface area contributed by atoms with Crippen LogP contribution < -0.4 is 5.73 Å². The second-order valence-electron chi connectivity index (χ2n) is 5.56. The van der Waals surface area contributed by atoms with Crippen LogP contribution in [0, 0.1) is 0 Å². The molecule has 120 valence electrons. The molecule has 3 heterocycles. The van der Waals surface area contributed by atoms with Crippen molar-refractivity contribution in [1.82, 2.24) is 14.5 Å². The van der Waals surface area contributed by atoms with Crippen LogP contribution in [0.2, 0.25) is 0 Å². The summed E-state index contributed by atoms with van der Waals surface area (Å²) in [7, 11) is 0. The zero-order valence-electron chi connectivity index (χ0n) is 11.9. The smallest absolute Gasteiger partial charge is 0.167 e. The van der Waals surface area contributed by atoms with Gasteiger partial charge in [-0.1, -0.05) is 0 Å². The molecule has 0 radical (unpaired) electrons. The van der Waals surface area contributed by atoms with E-state index < -0.39 is 30.6 Å². The zero-order chi connectivity index (χ0) is 16.1. The van der Waals surface area contributed by atoms with Crippen LogP contribution in [0.1, 0.15) is 18.7 Å². The third-order valence-electron chi connectivity index (χ3n) is 4.07. The first-order valence-corrected chi connectivity index (χ1v) is 6.79. The Kier molecular flexibility index (Phi) is 3.54. The lowest BCUT2D eigenvalue weighted by Gasteiger charge is -2.27. The van der Waals surface area contributed by atoms with Crippen LogP contribution in [-0.2, 0) is 11.3 Å². The van der Waals surface area contributed by atoms with Crippen LogP contribution in [0.4, 0.5) is 5.82 Å². The summed E-state index contributed by atoms with van der Waals surface area (Å²) in [6.07, 6.45) is -0.372. The van der Waals surface area contributed by atoms with Crippen molar-refractivity contribution in [3.63, 3.8) is 0 Å². The maximum Gasteiger partial charge on any atom is 0.167 e.